The molecule has 1 aliphatic rings. The van der Waals surface area contributed by atoms with Crippen LogP contribution in [0.15, 0.2) is 18.2 Å². The molecule has 0 atom stereocenters. The molecule has 1 aliphatic carbocycles. The summed E-state index contributed by atoms with van der Waals surface area (Å²) in [6.45, 7) is 3.38. The maximum absolute atomic E-state index is 5.80. The lowest BCUT2D eigenvalue weighted by Crippen LogP contribution is -2.14. The summed E-state index contributed by atoms with van der Waals surface area (Å²) < 4.78 is 11.1. The first-order valence-corrected chi connectivity index (χ1v) is 6.44. The minimum Gasteiger partial charge on any atom is -0.494 e. The fraction of sp³-hybridized carbons (Fsp3) is 0.571. The van der Waals surface area contributed by atoms with Crippen LogP contribution in [0.1, 0.15) is 32.6 Å². The molecule has 2 N–H and O–H groups in total. The van der Waals surface area contributed by atoms with Gasteiger partial charge in [0.15, 0.2) is 0 Å². The van der Waals surface area contributed by atoms with Gasteiger partial charge in [0, 0.05) is 23.9 Å². The van der Waals surface area contributed by atoms with E-state index in [4.69, 9.17) is 15.2 Å². The molecular formula is C14H21NO2. The van der Waals surface area contributed by atoms with Crippen LogP contribution in [0, 0.1) is 5.92 Å². The molecule has 0 heterocycles. The fourth-order valence-corrected chi connectivity index (χ4v) is 2.05. The summed E-state index contributed by atoms with van der Waals surface area (Å²) in [6.07, 6.45) is 5.27. The number of hydrogen-bond donors (Lipinski definition) is 1. The summed E-state index contributed by atoms with van der Waals surface area (Å²) in [5.74, 6) is 2.47. The van der Waals surface area contributed by atoms with Crippen LogP contribution in [0.25, 0.3) is 0 Å². The van der Waals surface area contributed by atoms with Crippen LogP contribution in [0.5, 0.6) is 11.5 Å². The number of nitrogen functional groups attached to an aromatic ring is 1. The second-order valence-electron chi connectivity index (χ2n) is 4.60. The van der Waals surface area contributed by atoms with Crippen molar-refractivity contribution in [2.75, 3.05) is 18.9 Å². The molecule has 0 aromatic heterocycles. The van der Waals surface area contributed by atoms with Gasteiger partial charge in [0.2, 0.25) is 0 Å². The molecule has 3 heteroatoms. The Morgan fingerprint density at radius 1 is 1.18 bits per heavy atom. The predicted octanol–water partition coefficient (Wildman–Crippen LogP) is 3.24. The molecule has 0 amide bonds. The van der Waals surface area contributed by atoms with E-state index >= 15 is 0 Å². The molecule has 1 aromatic carbocycles. The summed E-state index contributed by atoms with van der Waals surface area (Å²) in [6, 6.07) is 5.58. The second kappa shape index (κ2) is 5.80. The Bertz CT molecular complexity index is 361. The van der Waals surface area contributed by atoms with Gasteiger partial charge in [-0.3, -0.25) is 0 Å². The molecule has 2 rings (SSSR count). The predicted molar refractivity (Wildman–Crippen MR) is 69.5 cm³/mol. The van der Waals surface area contributed by atoms with Crippen molar-refractivity contribution in [1.82, 2.24) is 0 Å². The van der Waals surface area contributed by atoms with Gasteiger partial charge in [-0.15, -0.1) is 0 Å². The average molecular weight is 235 g/mol. The van der Waals surface area contributed by atoms with Crippen LogP contribution in [0.2, 0.25) is 0 Å². The van der Waals surface area contributed by atoms with Gasteiger partial charge in [0.1, 0.15) is 11.5 Å². The van der Waals surface area contributed by atoms with Gasteiger partial charge < -0.3 is 15.2 Å². The lowest BCUT2D eigenvalue weighted by atomic mass is 9.83. The molecular weight excluding hydrogens is 214 g/mol. The van der Waals surface area contributed by atoms with Crippen LogP contribution in [0.4, 0.5) is 5.69 Å². The molecule has 17 heavy (non-hydrogen) atoms. The van der Waals surface area contributed by atoms with Crippen LogP contribution in [-0.2, 0) is 0 Å². The van der Waals surface area contributed by atoms with E-state index in [9.17, 15) is 0 Å². The van der Waals surface area contributed by atoms with E-state index in [0.717, 1.165) is 30.4 Å². The number of hydrogen-bond acceptors (Lipinski definition) is 3. The molecule has 94 valence electrons. The maximum atomic E-state index is 5.80. The van der Waals surface area contributed by atoms with Gasteiger partial charge in [0.05, 0.1) is 13.2 Å². The summed E-state index contributed by atoms with van der Waals surface area (Å²) in [4.78, 5) is 0. The third-order valence-corrected chi connectivity index (χ3v) is 3.23. The minimum atomic E-state index is 0.644. The van der Waals surface area contributed by atoms with Gasteiger partial charge in [-0.1, -0.05) is 19.3 Å². The quantitative estimate of drug-likeness (QED) is 0.770. The lowest BCUT2D eigenvalue weighted by Gasteiger charge is -2.25. The van der Waals surface area contributed by atoms with Gasteiger partial charge >= 0.3 is 0 Å². The number of rotatable bonds is 6. The van der Waals surface area contributed by atoms with Gasteiger partial charge in [-0.25, -0.2) is 0 Å². The van der Waals surface area contributed by atoms with Crippen molar-refractivity contribution in [1.29, 1.82) is 0 Å². The van der Waals surface area contributed by atoms with Crippen molar-refractivity contribution >= 4 is 5.69 Å². The summed E-state index contributed by atoms with van der Waals surface area (Å²) in [7, 11) is 0. The van der Waals surface area contributed by atoms with E-state index in [1.54, 1.807) is 0 Å². The van der Waals surface area contributed by atoms with Crippen molar-refractivity contribution in [3.8, 4) is 11.5 Å². The Morgan fingerprint density at radius 2 is 1.88 bits per heavy atom. The molecule has 0 spiro atoms. The van der Waals surface area contributed by atoms with Crippen LogP contribution in [-0.4, -0.2) is 13.2 Å². The first-order chi connectivity index (χ1) is 8.28. The molecule has 0 unspecified atom stereocenters. The summed E-state index contributed by atoms with van der Waals surface area (Å²) in [5.41, 5.74) is 6.49. The van der Waals surface area contributed by atoms with Crippen molar-refractivity contribution < 1.29 is 9.47 Å². The Balaban J connectivity index is 1.85. The lowest BCUT2D eigenvalue weighted by molar-refractivity contribution is 0.221. The standard InChI is InChI=1S/C14H21NO2/c1-2-16-13-8-12(15)9-14(10-13)17-7-6-11-4-3-5-11/h8-11H,2-7,15H2,1H3. The van der Waals surface area contributed by atoms with Gasteiger partial charge in [-0.2, -0.15) is 0 Å². The molecule has 0 bridgehead atoms. The Labute approximate surface area is 103 Å². The van der Waals surface area contributed by atoms with Crippen molar-refractivity contribution in [2.24, 2.45) is 5.92 Å². The highest BCUT2D eigenvalue weighted by atomic mass is 16.5. The van der Waals surface area contributed by atoms with E-state index in [2.05, 4.69) is 0 Å². The molecule has 0 saturated heterocycles. The van der Waals surface area contributed by atoms with Crippen molar-refractivity contribution in [2.45, 2.75) is 32.6 Å². The van der Waals surface area contributed by atoms with Crippen LogP contribution < -0.4 is 15.2 Å². The topological polar surface area (TPSA) is 44.5 Å². The monoisotopic (exact) mass is 235 g/mol. The number of benzene rings is 1. The first-order valence-electron chi connectivity index (χ1n) is 6.44. The fourth-order valence-electron chi connectivity index (χ4n) is 2.05. The molecule has 1 aromatic rings. The normalized spacial score (nSPS) is 15.4. The first kappa shape index (κ1) is 12.1. The second-order valence-corrected chi connectivity index (χ2v) is 4.60. The smallest absolute Gasteiger partial charge is 0.125 e. The van der Waals surface area contributed by atoms with Gasteiger partial charge in [0.25, 0.3) is 0 Å². The Kier molecular flexibility index (Phi) is 4.13. The highest BCUT2D eigenvalue weighted by molar-refractivity contribution is 5.50. The molecule has 0 radical (unpaired) electrons. The largest absolute Gasteiger partial charge is 0.494 e. The minimum absolute atomic E-state index is 0.644. The SMILES string of the molecule is CCOc1cc(N)cc(OCCC2CCC2)c1. The van der Waals surface area contributed by atoms with Gasteiger partial charge in [-0.05, 0) is 19.3 Å². The maximum Gasteiger partial charge on any atom is 0.125 e. The Morgan fingerprint density at radius 3 is 2.47 bits per heavy atom. The van der Waals surface area contributed by atoms with Crippen molar-refractivity contribution in [3.63, 3.8) is 0 Å². The zero-order valence-corrected chi connectivity index (χ0v) is 10.4. The van der Waals surface area contributed by atoms with E-state index in [0.29, 0.717) is 12.3 Å². The summed E-state index contributed by atoms with van der Waals surface area (Å²) >= 11 is 0. The molecule has 1 saturated carbocycles. The van der Waals surface area contributed by atoms with Crippen LogP contribution in [0.3, 0.4) is 0 Å². The van der Waals surface area contributed by atoms with Crippen molar-refractivity contribution in [3.05, 3.63) is 18.2 Å². The third-order valence-electron chi connectivity index (χ3n) is 3.23. The molecule has 3 nitrogen and oxygen atoms in total. The molecule has 0 aliphatic heterocycles. The van der Waals surface area contributed by atoms with E-state index in [1.165, 1.54) is 19.3 Å². The highest BCUT2D eigenvalue weighted by Crippen LogP contribution is 2.30. The summed E-state index contributed by atoms with van der Waals surface area (Å²) in [5, 5.41) is 0. The average Bonchev–Trinajstić information content (AvgIpc) is 2.21. The molecule has 1 fully saturated rings. The highest BCUT2D eigenvalue weighted by Gasteiger charge is 2.16. The third kappa shape index (κ3) is 3.55. The number of nitrogens with two attached hydrogens (primary N) is 1. The number of anilines is 1. The van der Waals surface area contributed by atoms with Crippen LogP contribution >= 0.6 is 0 Å². The Hall–Kier alpha value is -1.38. The number of ether oxygens (including phenoxy) is 2. The van der Waals surface area contributed by atoms with E-state index < -0.39 is 0 Å². The van der Waals surface area contributed by atoms with E-state index in [1.807, 2.05) is 25.1 Å². The van der Waals surface area contributed by atoms with E-state index in [-0.39, 0.29) is 0 Å². The zero-order chi connectivity index (χ0) is 12.1. The zero-order valence-electron chi connectivity index (χ0n) is 10.4.